The van der Waals surface area contributed by atoms with E-state index in [9.17, 15) is 4.79 Å². The molecular weight excluding hydrogens is 148 g/mol. The van der Waals surface area contributed by atoms with E-state index in [-0.39, 0.29) is 5.41 Å². The third-order valence-electron chi connectivity index (χ3n) is 3.16. The van der Waals surface area contributed by atoms with Crippen molar-refractivity contribution in [1.82, 2.24) is 0 Å². The molecule has 0 saturated heterocycles. The number of hydrogen-bond acceptors (Lipinski definition) is 1. The van der Waals surface area contributed by atoms with Gasteiger partial charge in [0.15, 0.2) is 0 Å². The summed E-state index contributed by atoms with van der Waals surface area (Å²) in [7, 11) is 0. The molecule has 0 N–H and O–H groups in total. The Morgan fingerprint density at radius 3 is 2.17 bits per heavy atom. The lowest BCUT2D eigenvalue weighted by Crippen LogP contribution is -2.35. The van der Waals surface area contributed by atoms with Crippen molar-refractivity contribution in [2.45, 2.75) is 40.0 Å². The van der Waals surface area contributed by atoms with Gasteiger partial charge in [0.05, 0.1) is 0 Å². The molecule has 0 aromatic heterocycles. The second-order valence-corrected chi connectivity index (χ2v) is 4.40. The van der Waals surface area contributed by atoms with Gasteiger partial charge in [-0.1, -0.05) is 18.6 Å². The molecule has 1 rings (SSSR count). The van der Waals surface area contributed by atoms with Crippen LogP contribution in [0.25, 0.3) is 0 Å². The van der Waals surface area contributed by atoms with E-state index in [2.05, 4.69) is 6.58 Å². The molecule has 0 amide bonds. The first-order chi connectivity index (χ1) is 5.46. The molecule has 0 aromatic carbocycles. The van der Waals surface area contributed by atoms with Gasteiger partial charge < -0.3 is 0 Å². The third-order valence-corrected chi connectivity index (χ3v) is 3.16. The van der Waals surface area contributed by atoms with Gasteiger partial charge >= 0.3 is 0 Å². The Hall–Kier alpha value is -0.590. The summed E-state index contributed by atoms with van der Waals surface area (Å²) in [4.78, 5) is 11.8. The summed E-state index contributed by atoms with van der Waals surface area (Å²) < 4.78 is 0. The van der Waals surface area contributed by atoms with Gasteiger partial charge in [-0.25, -0.2) is 0 Å². The van der Waals surface area contributed by atoms with Gasteiger partial charge in [0.2, 0.25) is 0 Å². The van der Waals surface area contributed by atoms with Gasteiger partial charge in [0, 0.05) is 11.3 Å². The largest absolute Gasteiger partial charge is 0.298 e. The molecule has 0 radical (unpaired) electrons. The van der Waals surface area contributed by atoms with E-state index in [1.165, 1.54) is 6.42 Å². The highest BCUT2D eigenvalue weighted by atomic mass is 16.1. The van der Waals surface area contributed by atoms with Crippen molar-refractivity contribution in [3.63, 3.8) is 0 Å². The van der Waals surface area contributed by atoms with Crippen LogP contribution in [0.2, 0.25) is 0 Å². The molecule has 0 unspecified atom stereocenters. The molecule has 12 heavy (non-hydrogen) atoms. The van der Waals surface area contributed by atoms with Crippen LogP contribution < -0.4 is 0 Å². The van der Waals surface area contributed by atoms with Crippen LogP contribution in [-0.4, -0.2) is 5.78 Å². The molecule has 1 saturated carbocycles. The molecule has 1 nitrogen and oxygen atoms in total. The summed E-state index contributed by atoms with van der Waals surface area (Å²) in [6.45, 7) is 9.77. The highest BCUT2D eigenvalue weighted by Gasteiger charge is 2.36. The fourth-order valence-corrected chi connectivity index (χ4v) is 1.39. The number of carbonyl (C=O) groups is 1. The first kappa shape index (κ1) is 9.50. The summed E-state index contributed by atoms with van der Waals surface area (Å²) in [5.41, 5.74) is 0.685. The van der Waals surface area contributed by atoms with Crippen LogP contribution in [-0.2, 0) is 4.79 Å². The van der Waals surface area contributed by atoms with Crippen LogP contribution in [0, 0.1) is 11.3 Å². The van der Waals surface area contributed by atoms with Crippen molar-refractivity contribution < 1.29 is 4.79 Å². The molecule has 1 heteroatoms. The Morgan fingerprint density at radius 2 is 1.92 bits per heavy atom. The van der Waals surface area contributed by atoms with Crippen molar-refractivity contribution in [2.24, 2.45) is 11.3 Å². The van der Waals surface area contributed by atoms with Crippen molar-refractivity contribution in [2.75, 3.05) is 0 Å². The smallest absolute Gasteiger partial charge is 0.145 e. The van der Waals surface area contributed by atoms with Crippen LogP contribution in [0.5, 0.6) is 0 Å². The Balaban J connectivity index is 2.66. The first-order valence-electron chi connectivity index (χ1n) is 4.66. The predicted molar refractivity (Wildman–Crippen MR) is 50.9 cm³/mol. The van der Waals surface area contributed by atoms with Crippen molar-refractivity contribution in [1.29, 1.82) is 0 Å². The van der Waals surface area contributed by atoms with E-state index in [0.29, 0.717) is 11.7 Å². The van der Waals surface area contributed by atoms with E-state index in [1.807, 2.05) is 20.8 Å². The molecule has 0 atom stereocenters. The standard InChI is InChI=1S/C11H18O/c1-8(2)11(3,4)10(12)9-6-5-7-9/h9H,1,5-7H2,2-4H3. The maximum atomic E-state index is 11.8. The number of allylic oxidation sites excluding steroid dienone is 1. The molecule has 0 spiro atoms. The van der Waals surface area contributed by atoms with Crippen molar-refractivity contribution in [3.05, 3.63) is 12.2 Å². The molecule has 0 aromatic rings. The summed E-state index contributed by atoms with van der Waals surface area (Å²) in [6, 6.07) is 0. The van der Waals surface area contributed by atoms with E-state index >= 15 is 0 Å². The van der Waals surface area contributed by atoms with Gasteiger partial charge in [0.25, 0.3) is 0 Å². The maximum Gasteiger partial charge on any atom is 0.145 e. The van der Waals surface area contributed by atoms with E-state index < -0.39 is 0 Å². The van der Waals surface area contributed by atoms with Crippen LogP contribution in [0.1, 0.15) is 40.0 Å². The lowest BCUT2D eigenvalue weighted by atomic mass is 9.70. The zero-order chi connectivity index (χ0) is 9.35. The van der Waals surface area contributed by atoms with Gasteiger partial charge in [-0.2, -0.15) is 0 Å². The summed E-state index contributed by atoms with van der Waals surface area (Å²) >= 11 is 0. The Morgan fingerprint density at radius 1 is 1.42 bits per heavy atom. The van der Waals surface area contributed by atoms with Crippen LogP contribution in [0.4, 0.5) is 0 Å². The third kappa shape index (κ3) is 1.45. The highest BCUT2D eigenvalue weighted by molar-refractivity contribution is 5.89. The Kier molecular flexibility index (Phi) is 2.41. The van der Waals surface area contributed by atoms with Gasteiger partial charge in [-0.3, -0.25) is 4.79 Å². The molecule has 0 aliphatic heterocycles. The van der Waals surface area contributed by atoms with Crippen LogP contribution in [0.15, 0.2) is 12.2 Å². The first-order valence-corrected chi connectivity index (χ1v) is 4.66. The highest BCUT2D eigenvalue weighted by Crippen LogP contribution is 2.37. The maximum absolute atomic E-state index is 11.8. The lowest BCUT2D eigenvalue weighted by molar-refractivity contribution is -0.131. The molecule has 1 fully saturated rings. The zero-order valence-corrected chi connectivity index (χ0v) is 8.31. The Labute approximate surface area is 74.9 Å². The minimum absolute atomic E-state index is 0.301. The molecule has 0 bridgehead atoms. The second kappa shape index (κ2) is 3.04. The van der Waals surface area contributed by atoms with Crippen LogP contribution >= 0.6 is 0 Å². The van der Waals surface area contributed by atoms with Crippen molar-refractivity contribution in [3.8, 4) is 0 Å². The fourth-order valence-electron chi connectivity index (χ4n) is 1.39. The number of Topliss-reactive ketones (excluding diaryl/α,β-unsaturated/α-hetero) is 1. The van der Waals surface area contributed by atoms with Gasteiger partial charge in [-0.15, -0.1) is 0 Å². The SMILES string of the molecule is C=C(C)C(C)(C)C(=O)C1CCC1. The molecule has 1 aliphatic rings. The fraction of sp³-hybridized carbons (Fsp3) is 0.727. The monoisotopic (exact) mass is 166 g/mol. The van der Waals surface area contributed by atoms with Gasteiger partial charge in [0.1, 0.15) is 5.78 Å². The minimum atomic E-state index is -0.301. The minimum Gasteiger partial charge on any atom is -0.298 e. The normalized spacial score (nSPS) is 18.6. The van der Waals surface area contributed by atoms with E-state index in [0.717, 1.165) is 18.4 Å². The Bertz CT molecular complexity index is 209. The molecule has 68 valence electrons. The van der Waals surface area contributed by atoms with E-state index in [4.69, 9.17) is 0 Å². The quantitative estimate of drug-likeness (QED) is 0.589. The van der Waals surface area contributed by atoms with Crippen molar-refractivity contribution >= 4 is 5.78 Å². The molecule has 1 aliphatic carbocycles. The summed E-state index contributed by atoms with van der Waals surface area (Å²) in [5.74, 6) is 0.720. The number of ketones is 1. The van der Waals surface area contributed by atoms with Crippen LogP contribution in [0.3, 0.4) is 0 Å². The molecular formula is C11H18O. The van der Waals surface area contributed by atoms with E-state index in [1.54, 1.807) is 0 Å². The summed E-state index contributed by atoms with van der Waals surface area (Å²) in [6.07, 6.45) is 3.41. The van der Waals surface area contributed by atoms with Gasteiger partial charge in [-0.05, 0) is 33.6 Å². The predicted octanol–water partition coefficient (Wildman–Crippen LogP) is 2.96. The number of rotatable bonds is 3. The topological polar surface area (TPSA) is 17.1 Å². The number of hydrogen-bond donors (Lipinski definition) is 0. The second-order valence-electron chi connectivity index (χ2n) is 4.40. The zero-order valence-electron chi connectivity index (χ0n) is 8.31. The average molecular weight is 166 g/mol. The average Bonchev–Trinajstić information content (AvgIpc) is 1.83. The number of carbonyl (C=O) groups excluding carboxylic acids is 1. The summed E-state index contributed by atoms with van der Waals surface area (Å²) in [5, 5.41) is 0. The molecule has 0 heterocycles. The lowest BCUT2D eigenvalue weighted by Gasteiger charge is -2.33.